The second kappa shape index (κ2) is 8.17. The minimum Gasteiger partial charge on any atom is -0.391 e. The van der Waals surface area contributed by atoms with E-state index in [0.717, 1.165) is 15.6 Å². The molecule has 1 aliphatic rings. The van der Waals surface area contributed by atoms with Gasteiger partial charge in [-0.15, -0.1) is 16.4 Å². The van der Waals surface area contributed by atoms with Gasteiger partial charge in [0.25, 0.3) is 0 Å². The van der Waals surface area contributed by atoms with E-state index in [2.05, 4.69) is 15.3 Å². The number of fused-ring (bicyclic) bond motifs is 2. The molecule has 1 saturated heterocycles. The van der Waals surface area contributed by atoms with E-state index in [9.17, 15) is 4.79 Å². The first-order chi connectivity index (χ1) is 14.7. The Kier molecular flexibility index (Phi) is 5.24. The third-order valence-electron chi connectivity index (χ3n) is 5.01. The maximum Gasteiger partial charge on any atom is 0.227 e. The van der Waals surface area contributed by atoms with E-state index in [4.69, 9.17) is 21.2 Å². The number of thiophene rings is 1. The average Bonchev–Trinajstić information content (AvgIpc) is 3.36. The van der Waals surface area contributed by atoms with Crippen LogP contribution in [0.4, 0.5) is 0 Å². The highest BCUT2D eigenvalue weighted by molar-refractivity contribution is 7.17. The first kappa shape index (κ1) is 19.2. The highest BCUT2D eigenvalue weighted by Crippen LogP contribution is 2.29. The van der Waals surface area contributed by atoms with Crippen molar-refractivity contribution in [3.63, 3.8) is 0 Å². The van der Waals surface area contributed by atoms with Crippen molar-refractivity contribution in [1.82, 2.24) is 25.0 Å². The lowest BCUT2D eigenvalue weighted by molar-refractivity contribution is -0.141. The van der Waals surface area contributed by atoms with Crippen LogP contribution in [0, 0.1) is 0 Å². The highest BCUT2D eigenvalue weighted by Gasteiger charge is 2.26. The summed E-state index contributed by atoms with van der Waals surface area (Å²) < 4.78 is 6.90. The zero-order valence-electron chi connectivity index (χ0n) is 15.9. The summed E-state index contributed by atoms with van der Waals surface area (Å²) in [6.07, 6.45) is 1.75. The number of hydrogen-bond donors (Lipinski definition) is 0. The number of morpholine rings is 1. The fourth-order valence-electron chi connectivity index (χ4n) is 3.50. The van der Waals surface area contributed by atoms with Gasteiger partial charge in [-0.2, -0.15) is 0 Å². The van der Waals surface area contributed by atoms with E-state index in [1.807, 2.05) is 34.5 Å². The van der Waals surface area contributed by atoms with E-state index in [1.165, 1.54) is 4.85 Å². The minimum absolute atomic E-state index is 0.0656. The number of ether oxygens (including phenoxy) is 1. The molecule has 4 heterocycles. The molecule has 5 rings (SSSR count). The average molecular weight is 444 g/mol. The van der Waals surface area contributed by atoms with Crippen molar-refractivity contribution < 1.29 is 14.4 Å². The molecule has 1 unspecified atom stereocenters. The van der Waals surface area contributed by atoms with Crippen LogP contribution in [0.3, 0.4) is 0 Å². The molecular formula is C20H18ClN5O3S. The van der Waals surface area contributed by atoms with Crippen molar-refractivity contribution >= 4 is 50.1 Å². The van der Waals surface area contributed by atoms with Crippen molar-refractivity contribution in [1.29, 1.82) is 0 Å². The normalized spacial score (nSPS) is 17.0. The van der Waals surface area contributed by atoms with E-state index in [-0.39, 0.29) is 18.6 Å². The molecule has 1 aliphatic heterocycles. The van der Waals surface area contributed by atoms with Crippen LogP contribution in [0.15, 0.2) is 41.9 Å². The van der Waals surface area contributed by atoms with E-state index in [0.29, 0.717) is 42.3 Å². The van der Waals surface area contributed by atoms with Gasteiger partial charge in [-0.05, 0) is 51.9 Å². The molecule has 0 spiro atoms. The predicted octanol–water partition coefficient (Wildman–Crippen LogP) is 2.59. The fraction of sp³-hybridized carbons (Fsp3) is 0.300. The summed E-state index contributed by atoms with van der Waals surface area (Å²) in [6.45, 7) is 1.73. The number of halogens is 1. The smallest absolute Gasteiger partial charge is 0.227 e. The zero-order valence-corrected chi connectivity index (χ0v) is 17.5. The zero-order chi connectivity index (χ0) is 20.5. The molecule has 1 atom stereocenters. The molecule has 0 N–H and O–H groups in total. The molecule has 0 bridgehead atoms. The van der Waals surface area contributed by atoms with Gasteiger partial charge in [-0.25, -0.2) is 4.98 Å². The van der Waals surface area contributed by atoms with Crippen LogP contribution in [0.25, 0.3) is 21.3 Å². The van der Waals surface area contributed by atoms with Crippen molar-refractivity contribution in [2.45, 2.75) is 12.5 Å². The lowest BCUT2D eigenvalue weighted by Gasteiger charge is -2.32. The molecule has 4 aromatic rings. The van der Waals surface area contributed by atoms with Crippen LogP contribution in [0.1, 0.15) is 5.56 Å². The van der Waals surface area contributed by atoms with E-state index < -0.39 is 0 Å². The number of nitrogens with zero attached hydrogens (tertiary/aromatic N) is 5. The van der Waals surface area contributed by atoms with Gasteiger partial charge in [0.1, 0.15) is 18.2 Å². The molecule has 0 saturated carbocycles. The Hall–Kier alpha value is -2.75. The summed E-state index contributed by atoms with van der Waals surface area (Å²) in [4.78, 5) is 26.0. The summed E-state index contributed by atoms with van der Waals surface area (Å²) in [5, 5.41) is 11.7. The molecule has 1 aromatic carbocycles. The van der Waals surface area contributed by atoms with Crippen molar-refractivity contribution in [3.05, 3.63) is 52.5 Å². The SMILES string of the molecule is O=C(Cc1csc2ccc(Cl)cc12)N1CCOC(COn2nnc3cccnc32)C1. The van der Waals surface area contributed by atoms with Gasteiger partial charge in [-0.1, -0.05) is 16.4 Å². The molecule has 3 aromatic heterocycles. The lowest BCUT2D eigenvalue weighted by atomic mass is 10.1. The maximum absolute atomic E-state index is 12.9. The Morgan fingerprint density at radius 1 is 1.37 bits per heavy atom. The molecule has 10 heteroatoms. The summed E-state index contributed by atoms with van der Waals surface area (Å²) >= 11 is 7.75. The van der Waals surface area contributed by atoms with Gasteiger partial charge in [0.05, 0.1) is 19.6 Å². The van der Waals surface area contributed by atoms with Gasteiger partial charge in [0, 0.05) is 22.5 Å². The van der Waals surface area contributed by atoms with Crippen LogP contribution in [-0.2, 0) is 16.0 Å². The number of rotatable bonds is 5. The van der Waals surface area contributed by atoms with Crippen molar-refractivity contribution in [2.24, 2.45) is 0 Å². The van der Waals surface area contributed by atoms with Gasteiger partial charge < -0.3 is 14.5 Å². The van der Waals surface area contributed by atoms with Gasteiger partial charge in [-0.3, -0.25) is 4.79 Å². The Morgan fingerprint density at radius 2 is 2.30 bits per heavy atom. The molecule has 30 heavy (non-hydrogen) atoms. The number of carbonyl (C=O) groups is 1. The number of aromatic nitrogens is 4. The number of hydrogen-bond acceptors (Lipinski definition) is 7. The monoisotopic (exact) mass is 443 g/mol. The van der Waals surface area contributed by atoms with E-state index >= 15 is 0 Å². The number of pyridine rings is 1. The standard InChI is InChI=1S/C20H18ClN5O3S/c21-14-3-4-18-16(9-14)13(12-30-18)8-19(27)25-6-7-28-15(10-25)11-29-26-20-17(23-24-26)2-1-5-22-20/h1-5,9,12,15H,6-8,10-11H2. The summed E-state index contributed by atoms with van der Waals surface area (Å²) in [6, 6.07) is 9.38. The van der Waals surface area contributed by atoms with Crippen LogP contribution in [-0.4, -0.2) is 63.4 Å². The maximum atomic E-state index is 12.9. The topological polar surface area (TPSA) is 82.4 Å². The Bertz CT molecular complexity index is 1210. The van der Waals surface area contributed by atoms with Crippen LogP contribution >= 0.6 is 22.9 Å². The Morgan fingerprint density at radius 3 is 3.23 bits per heavy atom. The Labute approximate surface area is 180 Å². The molecule has 0 radical (unpaired) electrons. The number of benzene rings is 1. The summed E-state index contributed by atoms with van der Waals surface area (Å²) in [5.41, 5.74) is 2.20. The lowest BCUT2D eigenvalue weighted by Crippen LogP contribution is -2.48. The minimum atomic E-state index is -0.251. The Balaban J connectivity index is 1.22. The third-order valence-corrected chi connectivity index (χ3v) is 6.26. The largest absolute Gasteiger partial charge is 0.391 e. The first-order valence-electron chi connectivity index (χ1n) is 9.52. The summed E-state index contributed by atoms with van der Waals surface area (Å²) in [5.74, 6) is 0.0656. The summed E-state index contributed by atoms with van der Waals surface area (Å²) in [7, 11) is 0. The molecule has 154 valence electrons. The second-order valence-electron chi connectivity index (χ2n) is 7.02. The van der Waals surface area contributed by atoms with Crippen LogP contribution < -0.4 is 4.84 Å². The van der Waals surface area contributed by atoms with Crippen molar-refractivity contribution in [3.8, 4) is 0 Å². The van der Waals surface area contributed by atoms with Crippen molar-refractivity contribution in [2.75, 3.05) is 26.3 Å². The molecule has 1 fully saturated rings. The molecule has 0 aliphatic carbocycles. The third kappa shape index (κ3) is 3.83. The second-order valence-corrected chi connectivity index (χ2v) is 8.36. The van der Waals surface area contributed by atoms with E-state index in [1.54, 1.807) is 23.6 Å². The van der Waals surface area contributed by atoms with Crippen LogP contribution in [0.2, 0.25) is 5.02 Å². The highest BCUT2D eigenvalue weighted by atomic mass is 35.5. The number of amides is 1. The van der Waals surface area contributed by atoms with Gasteiger partial charge >= 0.3 is 0 Å². The van der Waals surface area contributed by atoms with Crippen LogP contribution in [0.5, 0.6) is 0 Å². The predicted molar refractivity (Wildman–Crippen MR) is 114 cm³/mol. The number of carbonyl (C=O) groups excluding carboxylic acids is 1. The van der Waals surface area contributed by atoms with Gasteiger partial charge in [0.15, 0.2) is 0 Å². The fourth-order valence-corrected chi connectivity index (χ4v) is 4.61. The molecule has 8 nitrogen and oxygen atoms in total. The molecule has 1 amide bonds. The van der Waals surface area contributed by atoms with Gasteiger partial charge in [0.2, 0.25) is 11.6 Å². The quantitative estimate of drug-likeness (QED) is 0.471. The first-order valence-corrected chi connectivity index (χ1v) is 10.8. The molecular weight excluding hydrogens is 426 g/mol.